The molecule has 0 aliphatic heterocycles. The Hall–Kier alpha value is -2.50. The summed E-state index contributed by atoms with van der Waals surface area (Å²) in [7, 11) is 0. The number of rotatable bonds is 3. The summed E-state index contributed by atoms with van der Waals surface area (Å²) in [5.41, 5.74) is 0.130. The van der Waals surface area contributed by atoms with Gasteiger partial charge in [0.2, 0.25) is 11.7 Å². The first-order valence-electron chi connectivity index (χ1n) is 8.24. The van der Waals surface area contributed by atoms with E-state index >= 15 is 0 Å². The molecule has 128 valence electrons. The zero-order valence-corrected chi connectivity index (χ0v) is 13.6. The zero-order chi connectivity index (χ0) is 17.3. The minimum Gasteiger partial charge on any atom is -0.504 e. The van der Waals surface area contributed by atoms with Crippen LogP contribution in [0.25, 0.3) is 11.0 Å². The van der Waals surface area contributed by atoms with E-state index < -0.39 is 11.4 Å². The van der Waals surface area contributed by atoms with Crippen LogP contribution in [-0.2, 0) is 11.2 Å². The molecule has 1 heterocycles. The molecule has 1 saturated carbocycles. The molecule has 0 radical (unpaired) electrons. The van der Waals surface area contributed by atoms with Crippen LogP contribution >= 0.6 is 0 Å². The molecule has 2 aromatic rings. The van der Waals surface area contributed by atoms with Crippen LogP contribution in [0.2, 0.25) is 0 Å². The van der Waals surface area contributed by atoms with Crippen molar-refractivity contribution in [3.63, 3.8) is 0 Å². The normalized spacial score (nSPS) is 15.5. The quantitative estimate of drug-likeness (QED) is 0.593. The van der Waals surface area contributed by atoms with Crippen LogP contribution in [0.5, 0.6) is 11.5 Å². The predicted molar refractivity (Wildman–Crippen MR) is 89.3 cm³/mol. The molecule has 1 aromatic heterocycles. The van der Waals surface area contributed by atoms with Gasteiger partial charge in [0.05, 0.1) is 12.0 Å². The van der Waals surface area contributed by atoms with Crippen molar-refractivity contribution >= 4 is 16.9 Å². The molecule has 0 spiro atoms. The van der Waals surface area contributed by atoms with Gasteiger partial charge in [0, 0.05) is 11.4 Å². The highest BCUT2D eigenvalue weighted by Gasteiger charge is 2.20. The van der Waals surface area contributed by atoms with Crippen molar-refractivity contribution in [1.82, 2.24) is 5.32 Å². The second-order valence-electron chi connectivity index (χ2n) is 6.38. The van der Waals surface area contributed by atoms with Crippen molar-refractivity contribution in [2.45, 2.75) is 51.5 Å². The lowest BCUT2D eigenvalue weighted by Gasteiger charge is -2.22. The van der Waals surface area contributed by atoms with Crippen LogP contribution < -0.4 is 10.9 Å². The van der Waals surface area contributed by atoms with Gasteiger partial charge in [-0.25, -0.2) is 4.79 Å². The Morgan fingerprint density at radius 2 is 1.96 bits per heavy atom. The molecule has 1 aliphatic rings. The summed E-state index contributed by atoms with van der Waals surface area (Å²) < 4.78 is 5.13. The third-order valence-corrected chi connectivity index (χ3v) is 4.72. The van der Waals surface area contributed by atoms with Crippen LogP contribution in [0.3, 0.4) is 0 Å². The molecule has 1 aromatic carbocycles. The topological polar surface area (TPSA) is 99.8 Å². The summed E-state index contributed by atoms with van der Waals surface area (Å²) in [6.07, 6.45) is 5.34. The Balaban J connectivity index is 1.88. The molecule has 1 aliphatic carbocycles. The number of nitrogens with one attached hydrogen (secondary N) is 1. The minimum absolute atomic E-state index is 0.0533. The summed E-state index contributed by atoms with van der Waals surface area (Å²) in [6.45, 7) is 1.71. The Morgan fingerprint density at radius 1 is 1.25 bits per heavy atom. The molecular weight excluding hydrogens is 310 g/mol. The maximum atomic E-state index is 12.3. The summed E-state index contributed by atoms with van der Waals surface area (Å²) >= 11 is 0. The van der Waals surface area contributed by atoms with Crippen LogP contribution in [-0.4, -0.2) is 22.2 Å². The molecule has 1 amide bonds. The molecule has 6 heteroatoms. The minimum atomic E-state index is -0.667. The first kappa shape index (κ1) is 16.4. The van der Waals surface area contributed by atoms with Crippen molar-refractivity contribution in [3.8, 4) is 11.5 Å². The van der Waals surface area contributed by atoms with Gasteiger partial charge in [-0.15, -0.1) is 0 Å². The number of hydrogen-bond donors (Lipinski definition) is 3. The van der Waals surface area contributed by atoms with E-state index in [1.54, 1.807) is 13.0 Å². The Kier molecular flexibility index (Phi) is 4.46. The third-order valence-electron chi connectivity index (χ3n) is 4.72. The van der Waals surface area contributed by atoms with Gasteiger partial charge in [-0.1, -0.05) is 19.3 Å². The average Bonchev–Trinajstić information content (AvgIpc) is 2.56. The number of aromatic hydroxyl groups is 2. The lowest BCUT2D eigenvalue weighted by Crippen LogP contribution is -2.37. The van der Waals surface area contributed by atoms with Gasteiger partial charge < -0.3 is 19.9 Å². The first-order valence-corrected chi connectivity index (χ1v) is 8.24. The van der Waals surface area contributed by atoms with E-state index in [4.69, 9.17) is 4.42 Å². The molecule has 1 fully saturated rings. The fourth-order valence-electron chi connectivity index (χ4n) is 3.32. The average molecular weight is 331 g/mol. The van der Waals surface area contributed by atoms with E-state index in [9.17, 15) is 19.8 Å². The number of phenols is 2. The van der Waals surface area contributed by atoms with Crippen molar-refractivity contribution in [2.24, 2.45) is 0 Å². The lowest BCUT2D eigenvalue weighted by atomic mass is 9.95. The fourth-order valence-corrected chi connectivity index (χ4v) is 3.32. The van der Waals surface area contributed by atoms with Crippen molar-refractivity contribution in [3.05, 3.63) is 33.7 Å². The number of amides is 1. The Morgan fingerprint density at radius 3 is 2.67 bits per heavy atom. The molecule has 0 atom stereocenters. The number of carbonyl (C=O) groups is 1. The number of phenolic OH excluding ortho intramolecular Hbond substituents is 2. The van der Waals surface area contributed by atoms with Crippen LogP contribution in [0.1, 0.15) is 43.2 Å². The zero-order valence-electron chi connectivity index (χ0n) is 13.6. The van der Waals surface area contributed by atoms with E-state index in [1.807, 2.05) is 0 Å². The second-order valence-corrected chi connectivity index (χ2v) is 6.38. The van der Waals surface area contributed by atoms with Gasteiger partial charge in [-0.3, -0.25) is 4.79 Å². The SMILES string of the molecule is Cc1c(CC(=O)NC2CCCCC2)c(=O)oc2c(O)c(O)ccc12. The third kappa shape index (κ3) is 3.09. The number of hydrogen-bond acceptors (Lipinski definition) is 5. The standard InChI is InChI=1S/C18H21NO5/c1-10-12-7-8-14(20)16(22)17(12)24-18(23)13(10)9-15(21)19-11-5-3-2-4-6-11/h7-8,11,20,22H,2-6,9H2,1H3,(H,19,21). The molecule has 3 N–H and O–H groups in total. The van der Waals surface area contributed by atoms with E-state index in [0.29, 0.717) is 10.9 Å². The van der Waals surface area contributed by atoms with Gasteiger partial charge in [-0.05, 0) is 37.5 Å². The summed E-state index contributed by atoms with van der Waals surface area (Å²) in [5.74, 6) is -1.02. The molecule has 6 nitrogen and oxygen atoms in total. The van der Waals surface area contributed by atoms with E-state index in [0.717, 1.165) is 25.7 Å². The molecule has 24 heavy (non-hydrogen) atoms. The highest BCUT2D eigenvalue weighted by atomic mass is 16.4. The van der Waals surface area contributed by atoms with E-state index in [2.05, 4.69) is 5.32 Å². The molecule has 3 rings (SSSR count). The Bertz CT molecular complexity index is 833. The molecular formula is C18H21NO5. The number of fused-ring (bicyclic) bond motifs is 1. The smallest absolute Gasteiger partial charge is 0.340 e. The first-order chi connectivity index (χ1) is 11.5. The van der Waals surface area contributed by atoms with Crippen molar-refractivity contribution < 1.29 is 19.4 Å². The summed E-state index contributed by atoms with van der Waals surface area (Å²) in [6, 6.07) is 3.07. The largest absolute Gasteiger partial charge is 0.504 e. The number of benzene rings is 1. The van der Waals surface area contributed by atoms with Gasteiger partial charge in [0.25, 0.3) is 0 Å². The van der Waals surface area contributed by atoms with Crippen LogP contribution in [0, 0.1) is 6.92 Å². The van der Waals surface area contributed by atoms with Gasteiger partial charge in [0.1, 0.15) is 0 Å². The van der Waals surface area contributed by atoms with Crippen molar-refractivity contribution in [1.29, 1.82) is 0 Å². The molecule has 0 saturated heterocycles. The summed E-state index contributed by atoms with van der Waals surface area (Å²) in [4.78, 5) is 24.5. The van der Waals surface area contributed by atoms with Crippen molar-refractivity contribution in [2.75, 3.05) is 0 Å². The highest BCUT2D eigenvalue weighted by Crippen LogP contribution is 2.34. The second kappa shape index (κ2) is 6.55. The van der Waals surface area contributed by atoms with Gasteiger partial charge >= 0.3 is 5.63 Å². The van der Waals surface area contributed by atoms with E-state index in [-0.39, 0.29) is 35.3 Å². The number of aryl methyl sites for hydroxylation is 1. The maximum absolute atomic E-state index is 12.3. The fraction of sp³-hybridized carbons (Fsp3) is 0.444. The van der Waals surface area contributed by atoms with Crippen LogP contribution in [0.15, 0.2) is 21.3 Å². The highest BCUT2D eigenvalue weighted by molar-refractivity contribution is 5.89. The molecule has 0 bridgehead atoms. The predicted octanol–water partition coefficient (Wildman–Crippen LogP) is 2.50. The maximum Gasteiger partial charge on any atom is 0.340 e. The Labute approximate surface area is 139 Å². The summed E-state index contributed by atoms with van der Waals surface area (Å²) in [5, 5.41) is 22.8. The lowest BCUT2D eigenvalue weighted by molar-refractivity contribution is -0.121. The number of carbonyl (C=O) groups excluding carboxylic acids is 1. The molecule has 0 unspecified atom stereocenters. The van der Waals surface area contributed by atoms with Crippen LogP contribution in [0.4, 0.5) is 0 Å². The van der Waals surface area contributed by atoms with Gasteiger partial charge in [0.15, 0.2) is 11.3 Å². The van der Waals surface area contributed by atoms with Gasteiger partial charge in [-0.2, -0.15) is 0 Å². The monoisotopic (exact) mass is 331 g/mol. The van der Waals surface area contributed by atoms with E-state index in [1.165, 1.54) is 12.5 Å².